The van der Waals surface area contributed by atoms with Crippen LogP contribution in [0, 0.1) is 0 Å². The van der Waals surface area contributed by atoms with Crippen molar-refractivity contribution in [3.05, 3.63) is 71.6 Å². The summed E-state index contributed by atoms with van der Waals surface area (Å²) in [5.74, 6) is 2.92. The van der Waals surface area contributed by atoms with Gasteiger partial charge in [0.15, 0.2) is 11.7 Å². The van der Waals surface area contributed by atoms with Crippen LogP contribution < -0.4 is 10.6 Å². The van der Waals surface area contributed by atoms with Gasteiger partial charge in [-0.05, 0) is 25.3 Å². The molecule has 0 aliphatic heterocycles. The van der Waals surface area contributed by atoms with Gasteiger partial charge in [-0.15, -0.1) is 24.0 Å². The van der Waals surface area contributed by atoms with E-state index in [1.54, 1.807) is 0 Å². The van der Waals surface area contributed by atoms with E-state index in [-0.39, 0.29) is 24.0 Å². The molecule has 1 aromatic carbocycles. The van der Waals surface area contributed by atoms with E-state index in [9.17, 15) is 0 Å². The third-order valence-corrected chi connectivity index (χ3v) is 5.13. The van der Waals surface area contributed by atoms with Crippen LogP contribution >= 0.6 is 24.0 Å². The molecule has 0 unspecified atom stereocenters. The minimum absolute atomic E-state index is 0. The molecule has 0 spiro atoms. The molecule has 31 heavy (non-hydrogen) atoms. The number of guanidine groups is 1. The quantitative estimate of drug-likeness (QED) is 0.223. The molecule has 168 valence electrons. The Bertz CT molecular complexity index is 917. The van der Waals surface area contributed by atoms with Gasteiger partial charge in [-0.25, -0.2) is 9.98 Å². The molecule has 2 aromatic heterocycles. The lowest BCUT2D eigenvalue weighted by Gasteiger charge is -2.11. The maximum Gasteiger partial charge on any atom is 0.192 e. The highest BCUT2D eigenvalue weighted by Gasteiger charge is 2.13. The molecule has 0 fully saturated rings. The first kappa shape index (κ1) is 24.9. The van der Waals surface area contributed by atoms with Gasteiger partial charge in [0, 0.05) is 37.5 Å². The number of aliphatic imine (C=N–C) groups is 1. The zero-order chi connectivity index (χ0) is 21.2. The Balaban J connectivity index is 0.00000341. The summed E-state index contributed by atoms with van der Waals surface area (Å²) in [7, 11) is 0. The van der Waals surface area contributed by atoms with Gasteiger partial charge in [-0.2, -0.15) is 0 Å². The summed E-state index contributed by atoms with van der Waals surface area (Å²) in [6.07, 6.45) is 5.94. The van der Waals surface area contributed by atoms with Crippen LogP contribution in [0.3, 0.4) is 0 Å². The van der Waals surface area contributed by atoms with Crippen molar-refractivity contribution in [1.82, 2.24) is 25.3 Å². The number of hydrogen-bond donors (Lipinski definition) is 2. The number of benzene rings is 1. The average molecular weight is 536 g/mol. The van der Waals surface area contributed by atoms with Gasteiger partial charge in [-0.1, -0.05) is 49.3 Å². The Morgan fingerprint density at radius 3 is 2.61 bits per heavy atom. The number of rotatable bonds is 10. The van der Waals surface area contributed by atoms with E-state index in [0.29, 0.717) is 19.0 Å². The van der Waals surface area contributed by atoms with Crippen molar-refractivity contribution in [2.75, 3.05) is 6.54 Å². The highest BCUT2D eigenvalue weighted by atomic mass is 127. The number of aromatic nitrogens is 3. The molecule has 7 nitrogen and oxygen atoms in total. The summed E-state index contributed by atoms with van der Waals surface area (Å²) in [6, 6.07) is 12.4. The fraction of sp³-hybridized carbons (Fsp3) is 0.435. The summed E-state index contributed by atoms with van der Waals surface area (Å²) in [5, 5.41) is 10.8. The van der Waals surface area contributed by atoms with Crippen LogP contribution in [0.25, 0.3) is 0 Å². The zero-order valence-corrected chi connectivity index (χ0v) is 20.9. The number of nitrogens with one attached hydrogen (secondary N) is 2. The van der Waals surface area contributed by atoms with Crippen molar-refractivity contribution in [3.8, 4) is 0 Å². The van der Waals surface area contributed by atoms with E-state index in [2.05, 4.69) is 63.5 Å². The largest absolute Gasteiger partial charge is 0.359 e. The lowest BCUT2D eigenvalue weighted by Crippen LogP contribution is -2.36. The molecule has 0 amide bonds. The third-order valence-electron chi connectivity index (χ3n) is 5.13. The normalized spacial score (nSPS) is 11.4. The standard InChI is InChI=1S/C23H32N6O.HI/c1-4-19(5-2)21-14-20(30-28-21)15-26-23(24-6-3)27-16-22-25-12-13-29(22)17-18-10-8-7-9-11-18;/h7-14,19H,4-6,15-17H2,1-3H3,(H2,24,26,27);1H. The Kier molecular flexibility index (Phi) is 10.6. The molecule has 0 aliphatic carbocycles. The van der Waals surface area contributed by atoms with E-state index < -0.39 is 0 Å². The first-order chi connectivity index (χ1) is 14.7. The van der Waals surface area contributed by atoms with Crippen LogP contribution in [0.5, 0.6) is 0 Å². The smallest absolute Gasteiger partial charge is 0.192 e. The molecule has 3 aromatic rings. The van der Waals surface area contributed by atoms with E-state index in [4.69, 9.17) is 9.52 Å². The Hall–Kier alpha value is -2.36. The number of imidazole rings is 1. The van der Waals surface area contributed by atoms with E-state index in [0.717, 1.165) is 49.2 Å². The lowest BCUT2D eigenvalue weighted by atomic mass is 9.99. The van der Waals surface area contributed by atoms with Crippen LogP contribution in [-0.2, 0) is 19.6 Å². The van der Waals surface area contributed by atoms with Gasteiger partial charge in [0.2, 0.25) is 0 Å². The summed E-state index contributed by atoms with van der Waals surface area (Å²) >= 11 is 0. The lowest BCUT2D eigenvalue weighted by molar-refractivity contribution is 0.368. The Morgan fingerprint density at radius 2 is 1.90 bits per heavy atom. The van der Waals surface area contributed by atoms with Crippen molar-refractivity contribution >= 4 is 29.9 Å². The maximum absolute atomic E-state index is 5.50. The summed E-state index contributed by atoms with van der Waals surface area (Å²) < 4.78 is 7.63. The van der Waals surface area contributed by atoms with Gasteiger partial charge in [0.25, 0.3) is 0 Å². The minimum atomic E-state index is 0. The van der Waals surface area contributed by atoms with Crippen LogP contribution in [-0.4, -0.2) is 27.2 Å². The molecule has 0 saturated heterocycles. The summed E-state index contributed by atoms with van der Waals surface area (Å²) in [4.78, 5) is 9.17. The van der Waals surface area contributed by atoms with Crippen molar-refractivity contribution in [1.29, 1.82) is 0 Å². The van der Waals surface area contributed by atoms with Gasteiger partial charge in [0.1, 0.15) is 12.4 Å². The van der Waals surface area contributed by atoms with Gasteiger partial charge in [0.05, 0.1) is 12.2 Å². The Labute approximate surface area is 201 Å². The van der Waals surface area contributed by atoms with E-state index in [1.807, 2.05) is 31.5 Å². The SMILES string of the molecule is CCNC(=NCc1nccn1Cc1ccccc1)NCc1cc(C(CC)CC)no1.I. The van der Waals surface area contributed by atoms with Gasteiger partial charge < -0.3 is 19.7 Å². The number of halogens is 1. The summed E-state index contributed by atoms with van der Waals surface area (Å²) in [5.41, 5.74) is 2.27. The van der Waals surface area contributed by atoms with Crippen LogP contribution in [0.1, 0.15) is 62.4 Å². The molecule has 0 bridgehead atoms. The maximum atomic E-state index is 5.50. The first-order valence-electron chi connectivity index (χ1n) is 10.7. The van der Waals surface area contributed by atoms with Gasteiger partial charge in [-0.3, -0.25) is 0 Å². The second-order valence-electron chi connectivity index (χ2n) is 7.24. The Morgan fingerprint density at radius 1 is 1.13 bits per heavy atom. The molecule has 0 saturated carbocycles. The topological polar surface area (TPSA) is 80.3 Å². The molecular weight excluding hydrogens is 503 g/mol. The molecule has 0 aliphatic rings. The van der Waals surface area contributed by atoms with E-state index >= 15 is 0 Å². The molecular formula is C23H33IN6O. The predicted octanol–water partition coefficient (Wildman–Crippen LogP) is 4.70. The molecule has 2 heterocycles. The molecule has 2 N–H and O–H groups in total. The monoisotopic (exact) mass is 536 g/mol. The first-order valence-corrected chi connectivity index (χ1v) is 10.7. The van der Waals surface area contributed by atoms with Crippen LogP contribution in [0.15, 0.2) is 58.3 Å². The zero-order valence-electron chi connectivity index (χ0n) is 18.5. The number of hydrogen-bond acceptors (Lipinski definition) is 4. The van der Waals surface area contributed by atoms with Crippen LogP contribution in [0.4, 0.5) is 0 Å². The summed E-state index contributed by atoms with van der Waals surface area (Å²) in [6.45, 7) is 9.00. The molecule has 0 atom stereocenters. The molecule has 3 rings (SSSR count). The van der Waals surface area contributed by atoms with Crippen molar-refractivity contribution in [2.24, 2.45) is 4.99 Å². The van der Waals surface area contributed by atoms with Gasteiger partial charge >= 0.3 is 0 Å². The second kappa shape index (κ2) is 13.1. The number of nitrogens with zero attached hydrogens (tertiary/aromatic N) is 4. The van der Waals surface area contributed by atoms with Crippen molar-refractivity contribution in [3.63, 3.8) is 0 Å². The average Bonchev–Trinajstić information content (AvgIpc) is 3.41. The fourth-order valence-corrected chi connectivity index (χ4v) is 3.39. The third kappa shape index (κ3) is 7.37. The highest BCUT2D eigenvalue weighted by molar-refractivity contribution is 14.0. The molecule has 0 radical (unpaired) electrons. The van der Waals surface area contributed by atoms with Crippen LogP contribution in [0.2, 0.25) is 0 Å². The van der Waals surface area contributed by atoms with Crippen molar-refractivity contribution < 1.29 is 4.52 Å². The van der Waals surface area contributed by atoms with E-state index in [1.165, 1.54) is 5.56 Å². The second-order valence-corrected chi connectivity index (χ2v) is 7.24. The molecule has 8 heteroatoms. The fourth-order valence-electron chi connectivity index (χ4n) is 3.39. The minimum Gasteiger partial charge on any atom is -0.359 e. The highest BCUT2D eigenvalue weighted by Crippen LogP contribution is 2.22. The predicted molar refractivity (Wildman–Crippen MR) is 135 cm³/mol. The van der Waals surface area contributed by atoms with Crippen molar-refractivity contribution in [2.45, 2.75) is 59.2 Å².